The Bertz CT molecular complexity index is 794. The van der Waals surface area contributed by atoms with Crippen LogP contribution in [0.4, 0.5) is 4.79 Å². The lowest BCUT2D eigenvalue weighted by Crippen LogP contribution is -2.53. The van der Waals surface area contributed by atoms with E-state index in [9.17, 15) is 9.59 Å². The molecule has 30 heavy (non-hydrogen) atoms. The number of hydrogen-bond donors (Lipinski definition) is 1. The third-order valence-electron chi connectivity index (χ3n) is 7.55. The Balaban J connectivity index is 1.24. The number of likely N-dealkylation sites (tertiary alicyclic amines) is 1. The molecule has 2 heterocycles. The molecule has 1 N–H and O–H groups in total. The van der Waals surface area contributed by atoms with Crippen LogP contribution in [0.1, 0.15) is 76.5 Å². The molecule has 1 aromatic rings. The third kappa shape index (κ3) is 4.19. The summed E-state index contributed by atoms with van der Waals surface area (Å²) in [5.41, 5.74) is 3.15. The maximum absolute atomic E-state index is 12.8. The number of nitrogens with one attached hydrogen (secondary N) is 1. The molecule has 0 bridgehead atoms. The molecular formula is C24H35N3O3. The Kier molecular flexibility index (Phi) is 5.54. The zero-order chi connectivity index (χ0) is 21.5. The fourth-order valence-corrected chi connectivity index (χ4v) is 5.36. The predicted molar refractivity (Wildman–Crippen MR) is 115 cm³/mol. The van der Waals surface area contributed by atoms with Crippen molar-refractivity contribution < 1.29 is 14.3 Å². The Morgan fingerprint density at radius 1 is 1.20 bits per heavy atom. The van der Waals surface area contributed by atoms with Crippen LogP contribution in [0, 0.1) is 11.3 Å². The Hall–Kier alpha value is -2.11. The van der Waals surface area contributed by atoms with E-state index in [0.29, 0.717) is 11.3 Å². The van der Waals surface area contributed by atoms with Gasteiger partial charge >= 0.3 is 6.09 Å². The maximum atomic E-state index is 12.8. The largest absolute Gasteiger partial charge is 0.453 e. The first-order chi connectivity index (χ1) is 14.2. The molecule has 1 aliphatic heterocycles. The molecule has 0 unspecified atom stereocenters. The number of rotatable bonds is 3. The van der Waals surface area contributed by atoms with E-state index in [2.05, 4.69) is 52.8 Å². The molecule has 6 heteroatoms. The number of hydrogen-bond acceptors (Lipinski definition) is 4. The lowest BCUT2D eigenvalue weighted by molar-refractivity contribution is -0.142. The van der Waals surface area contributed by atoms with Crippen LogP contribution >= 0.6 is 0 Å². The molecule has 2 amide bonds. The molecule has 6 nitrogen and oxygen atoms in total. The van der Waals surface area contributed by atoms with Gasteiger partial charge in [0.1, 0.15) is 0 Å². The number of piperidine rings is 1. The van der Waals surface area contributed by atoms with Gasteiger partial charge in [-0.2, -0.15) is 0 Å². The summed E-state index contributed by atoms with van der Waals surface area (Å²) in [6, 6.07) is 4.51. The minimum atomic E-state index is -0.409. The van der Waals surface area contributed by atoms with Gasteiger partial charge in [0, 0.05) is 42.9 Å². The number of amides is 2. The van der Waals surface area contributed by atoms with Crippen molar-refractivity contribution in [3.8, 4) is 0 Å². The van der Waals surface area contributed by atoms with Gasteiger partial charge in [-0.1, -0.05) is 20.8 Å². The summed E-state index contributed by atoms with van der Waals surface area (Å²) in [6.07, 6.45) is 7.61. The number of pyridine rings is 1. The second kappa shape index (κ2) is 7.86. The second-order valence-corrected chi connectivity index (χ2v) is 10.7. The van der Waals surface area contributed by atoms with Crippen molar-refractivity contribution in [2.45, 2.75) is 76.7 Å². The van der Waals surface area contributed by atoms with Crippen molar-refractivity contribution in [2.24, 2.45) is 11.3 Å². The van der Waals surface area contributed by atoms with Crippen LogP contribution in [0.5, 0.6) is 0 Å². The topological polar surface area (TPSA) is 71.5 Å². The monoisotopic (exact) mass is 413 g/mol. The van der Waals surface area contributed by atoms with Crippen molar-refractivity contribution in [1.29, 1.82) is 0 Å². The standard InChI is InChI=1S/C24H35N3O3/c1-23(2,3)18-5-8-25-20(13-18)17-14-24(15-17)6-9-27(10-7-24)21(28)16-11-19(12-16)26-22(29)30-4/h5,8,13,16-17,19H,6-7,9-12,14-15H2,1-4H3,(H,26,29). The first-order valence-electron chi connectivity index (χ1n) is 11.3. The highest BCUT2D eigenvalue weighted by Crippen LogP contribution is 2.56. The lowest BCUT2D eigenvalue weighted by atomic mass is 9.56. The summed E-state index contributed by atoms with van der Waals surface area (Å²) in [6.45, 7) is 8.48. The molecule has 4 rings (SSSR count). The molecule has 164 valence electrons. The number of aromatic nitrogens is 1. The highest BCUT2D eigenvalue weighted by molar-refractivity contribution is 5.80. The van der Waals surface area contributed by atoms with Gasteiger partial charge < -0.3 is 15.0 Å². The fourth-order valence-electron chi connectivity index (χ4n) is 5.36. The minimum Gasteiger partial charge on any atom is -0.453 e. The maximum Gasteiger partial charge on any atom is 0.407 e. The first-order valence-corrected chi connectivity index (χ1v) is 11.3. The molecule has 0 atom stereocenters. The smallest absolute Gasteiger partial charge is 0.407 e. The predicted octanol–water partition coefficient (Wildman–Crippen LogP) is 4.00. The van der Waals surface area contributed by atoms with E-state index in [0.717, 1.165) is 38.8 Å². The molecule has 0 radical (unpaired) electrons. The average Bonchev–Trinajstić information content (AvgIpc) is 2.67. The minimum absolute atomic E-state index is 0.0553. The van der Waals surface area contributed by atoms with Crippen LogP contribution in [0.25, 0.3) is 0 Å². The molecule has 0 aromatic carbocycles. The molecule has 1 saturated heterocycles. The number of carbonyl (C=O) groups excluding carboxylic acids is 2. The molecular weight excluding hydrogens is 378 g/mol. The second-order valence-electron chi connectivity index (χ2n) is 10.7. The number of ether oxygens (including phenoxy) is 1. The molecule has 2 saturated carbocycles. The fraction of sp³-hybridized carbons (Fsp3) is 0.708. The highest BCUT2D eigenvalue weighted by atomic mass is 16.5. The summed E-state index contributed by atoms with van der Waals surface area (Å²) >= 11 is 0. The van der Waals surface area contributed by atoms with Crippen molar-refractivity contribution in [1.82, 2.24) is 15.2 Å². The molecule has 3 fully saturated rings. The van der Waals surface area contributed by atoms with Gasteiger partial charge in [-0.25, -0.2) is 4.79 Å². The van der Waals surface area contributed by atoms with Crippen molar-refractivity contribution >= 4 is 12.0 Å². The Morgan fingerprint density at radius 2 is 1.87 bits per heavy atom. The molecule has 1 spiro atoms. The van der Waals surface area contributed by atoms with E-state index in [1.807, 2.05) is 6.20 Å². The van der Waals surface area contributed by atoms with Gasteiger partial charge in [-0.15, -0.1) is 0 Å². The van der Waals surface area contributed by atoms with Gasteiger partial charge in [0.05, 0.1) is 7.11 Å². The normalized spacial score (nSPS) is 25.9. The van der Waals surface area contributed by atoms with Crippen molar-refractivity contribution in [3.63, 3.8) is 0 Å². The third-order valence-corrected chi connectivity index (χ3v) is 7.55. The van der Waals surface area contributed by atoms with Crippen LogP contribution in [0.15, 0.2) is 18.3 Å². The van der Waals surface area contributed by atoms with Gasteiger partial charge in [-0.3, -0.25) is 9.78 Å². The Morgan fingerprint density at radius 3 is 2.47 bits per heavy atom. The van der Waals surface area contributed by atoms with Gasteiger partial charge in [0.2, 0.25) is 5.91 Å². The van der Waals surface area contributed by atoms with Crippen LogP contribution in [-0.2, 0) is 14.9 Å². The summed E-state index contributed by atoms with van der Waals surface area (Å²) in [4.78, 5) is 30.8. The average molecular weight is 414 g/mol. The number of nitrogens with zero attached hydrogens (tertiary/aromatic N) is 2. The molecule has 2 aliphatic carbocycles. The zero-order valence-electron chi connectivity index (χ0n) is 18.7. The Labute approximate surface area is 179 Å². The molecule has 1 aromatic heterocycles. The lowest BCUT2D eigenvalue weighted by Gasteiger charge is -2.53. The molecule has 3 aliphatic rings. The van der Waals surface area contributed by atoms with Crippen LogP contribution < -0.4 is 5.32 Å². The number of carbonyl (C=O) groups is 2. The van der Waals surface area contributed by atoms with Crippen molar-refractivity contribution in [2.75, 3.05) is 20.2 Å². The zero-order valence-corrected chi connectivity index (χ0v) is 18.7. The van der Waals surface area contributed by atoms with Gasteiger partial charge in [0.15, 0.2) is 0 Å². The van der Waals surface area contributed by atoms with E-state index >= 15 is 0 Å². The summed E-state index contributed by atoms with van der Waals surface area (Å²) in [5.74, 6) is 0.884. The van der Waals surface area contributed by atoms with E-state index in [4.69, 9.17) is 0 Å². The van der Waals surface area contributed by atoms with E-state index in [1.54, 1.807) is 0 Å². The van der Waals surface area contributed by atoms with Crippen LogP contribution in [0.3, 0.4) is 0 Å². The summed E-state index contributed by atoms with van der Waals surface area (Å²) in [7, 11) is 1.36. The van der Waals surface area contributed by atoms with Crippen molar-refractivity contribution in [3.05, 3.63) is 29.6 Å². The number of alkyl carbamates (subject to hydrolysis) is 1. The van der Waals surface area contributed by atoms with Crippen LogP contribution in [0.2, 0.25) is 0 Å². The van der Waals surface area contributed by atoms with Gasteiger partial charge in [0.25, 0.3) is 0 Å². The van der Waals surface area contributed by atoms with E-state index in [-0.39, 0.29) is 23.3 Å². The highest BCUT2D eigenvalue weighted by Gasteiger charge is 2.48. The van der Waals surface area contributed by atoms with Crippen LogP contribution in [-0.4, -0.2) is 48.1 Å². The quantitative estimate of drug-likeness (QED) is 0.813. The van der Waals surface area contributed by atoms with E-state index < -0.39 is 6.09 Å². The first kappa shape index (κ1) is 21.1. The van der Waals surface area contributed by atoms with E-state index in [1.165, 1.54) is 31.2 Å². The number of methoxy groups -OCH3 is 1. The van der Waals surface area contributed by atoms with Gasteiger partial charge in [-0.05, 0) is 67.1 Å². The summed E-state index contributed by atoms with van der Waals surface area (Å²) < 4.78 is 4.62. The summed E-state index contributed by atoms with van der Waals surface area (Å²) in [5, 5.41) is 2.78. The SMILES string of the molecule is COC(=O)NC1CC(C(=O)N2CCC3(CC2)CC(c2cc(C(C)(C)C)ccn2)C3)C1.